The van der Waals surface area contributed by atoms with Crippen LogP contribution in [0.1, 0.15) is 44.4 Å². The zero-order valence-corrected chi connectivity index (χ0v) is 25.0. The standard InChI is InChI=1S/C33H32N2O7S/c1-4-39-23-9-10-24-27(18-23)43-33(34-24)35-29(20-6-5-7-22(16-20)40-13-12-19(2)3)28(31(37)32(35)38)30(36)21-8-11-25-26(17-21)42-15-14-41-25/h5-11,16-19,29,36H,4,12-15H2,1-3H3. The van der Waals surface area contributed by atoms with Crippen LogP contribution in [0.3, 0.4) is 0 Å². The fourth-order valence-corrected chi connectivity index (χ4v) is 6.15. The van der Waals surface area contributed by atoms with Crippen molar-refractivity contribution in [2.75, 3.05) is 31.3 Å². The minimum Gasteiger partial charge on any atom is -0.507 e. The van der Waals surface area contributed by atoms with Gasteiger partial charge < -0.3 is 24.1 Å². The predicted octanol–water partition coefficient (Wildman–Crippen LogP) is 6.52. The van der Waals surface area contributed by atoms with Crippen LogP contribution < -0.4 is 23.8 Å². The van der Waals surface area contributed by atoms with E-state index in [-0.39, 0.29) is 11.3 Å². The molecule has 10 heteroatoms. The smallest absolute Gasteiger partial charge is 0.301 e. The highest BCUT2D eigenvalue weighted by Crippen LogP contribution is 2.46. The largest absolute Gasteiger partial charge is 0.507 e. The number of Topliss-reactive ketones (excluding diaryl/α,β-unsaturated/α-hetero) is 1. The van der Waals surface area contributed by atoms with E-state index in [4.69, 9.17) is 23.9 Å². The number of ketones is 1. The van der Waals surface area contributed by atoms with Crippen molar-refractivity contribution < 1.29 is 33.6 Å². The Kier molecular flexibility index (Phi) is 7.94. The van der Waals surface area contributed by atoms with Gasteiger partial charge in [0.05, 0.1) is 35.0 Å². The van der Waals surface area contributed by atoms with Gasteiger partial charge in [0.15, 0.2) is 16.6 Å². The Labute approximate surface area is 253 Å². The van der Waals surface area contributed by atoms with E-state index in [9.17, 15) is 14.7 Å². The molecule has 3 heterocycles. The summed E-state index contributed by atoms with van der Waals surface area (Å²) in [6.45, 7) is 7.99. The van der Waals surface area contributed by atoms with Gasteiger partial charge in [-0.15, -0.1) is 0 Å². The molecule has 1 fully saturated rings. The van der Waals surface area contributed by atoms with E-state index in [0.29, 0.717) is 77.1 Å². The number of thiazole rings is 1. The molecule has 0 radical (unpaired) electrons. The number of anilines is 1. The number of fused-ring (bicyclic) bond motifs is 2. The Morgan fingerprint density at radius 2 is 1.81 bits per heavy atom. The van der Waals surface area contributed by atoms with Crippen LogP contribution in [-0.2, 0) is 9.59 Å². The molecular formula is C33H32N2O7S. The van der Waals surface area contributed by atoms with Gasteiger partial charge in [0, 0.05) is 5.56 Å². The Balaban J connectivity index is 1.47. The van der Waals surface area contributed by atoms with E-state index < -0.39 is 17.7 Å². The molecule has 9 nitrogen and oxygen atoms in total. The van der Waals surface area contributed by atoms with E-state index in [1.165, 1.54) is 16.2 Å². The van der Waals surface area contributed by atoms with Crippen LogP contribution in [0.25, 0.3) is 16.0 Å². The summed E-state index contributed by atoms with van der Waals surface area (Å²) in [5.74, 6) is 0.876. The molecule has 1 N–H and O–H groups in total. The fourth-order valence-electron chi connectivity index (χ4n) is 5.13. The van der Waals surface area contributed by atoms with Gasteiger partial charge in [-0.05, 0) is 73.4 Å². The van der Waals surface area contributed by atoms with Crippen molar-refractivity contribution in [2.24, 2.45) is 5.92 Å². The number of aromatic nitrogens is 1. The summed E-state index contributed by atoms with van der Waals surface area (Å²) >= 11 is 1.28. The quantitative estimate of drug-likeness (QED) is 0.132. The molecular weight excluding hydrogens is 568 g/mol. The first-order valence-corrected chi connectivity index (χ1v) is 15.1. The first-order valence-electron chi connectivity index (χ1n) is 14.3. The lowest BCUT2D eigenvalue weighted by Crippen LogP contribution is -2.29. The summed E-state index contributed by atoms with van der Waals surface area (Å²) in [6.07, 6.45) is 0.877. The SMILES string of the molecule is CCOc1ccc2nc(N3C(=O)C(=O)C(=C(O)c4ccc5c(c4)OCCO5)C3c3cccc(OCCC(C)C)c3)sc2c1. The van der Waals surface area contributed by atoms with Crippen molar-refractivity contribution >= 4 is 44.1 Å². The third-order valence-electron chi connectivity index (χ3n) is 7.26. The minimum absolute atomic E-state index is 0.0460. The molecule has 0 spiro atoms. The van der Waals surface area contributed by atoms with E-state index >= 15 is 0 Å². The summed E-state index contributed by atoms with van der Waals surface area (Å²) in [6, 6.07) is 16.8. The van der Waals surface area contributed by atoms with E-state index in [1.807, 2.05) is 49.4 Å². The molecule has 6 rings (SSSR count). The molecule has 2 aliphatic rings. The number of amides is 1. The number of rotatable bonds is 9. The van der Waals surface area contributed by atoms with Crippen LogP contribution in [-0.4, -0.2) is 48.2 Å². The molecule has 222 valence electrons. The molecule has 43 heavy (non-hydrogen) atoms. The second-order valence-corrected chi connectivity index (χ2v) is 11.7. The first kappa shape index (κ1) is 28.5. The highest BCUT2D eigenvalue weighted by Gasteiger charge is 2.48. The Morgan fingerprint density at radius 3 is 2.60 bits per heavy atom. The number of ether oxygens (including phenoxy) is 4. The van der Waals surface area contributed by atoms with Gasteiger partial charge >= 0.3 is 5.91 Å². The Morgan fingerprint density at radius 1 is 1.02 bits per heavy atom. The lowest BCUT2D eigenvalue weighted by Gasteiger charge is -2.24. The summed E-state index contributed by atoms with van der Waals surface area (Å²) < 4.78 is 23.8. The highest BCUT2D eigenvalue weighted by atomic mass is 32.1. The minimum atomic E-state index is -0.950. The predicted molar refractivity (Wildman–Crippen MR) is 164 cm³/mol. The van der Waals surface area contributed by atoms with Crippen molar-refractivity contribution in [3.63, 3.8) is 0 Å². The van der Waals surface area contributed by atoms with Gasteiger partial charge in [-0.1, -0.05) is 37.3 Å². The molecule has 1 aromatic heterocycles. The van der Waals surface area contributed by atoms with E-state index in [2.05, 4.69) is 13.8 Å². The van der Waals surface area contributed by atoms with Gasteiger partial charge in [-0.25, -0.2) is 4.98 Å². The first-order chi connectivity index (χ1) is 20.8. The second kappa shape index (κ2) is 12.0. The lowest BCUT2D eigenvalue weighted by atomic mass is 9.95. The summed E-state index contributed by atoms with van der Waals surface area (Å²) in [5.41, 5.74) is 1.56. The van der Waals surface area contributed by atoms with Crippen molar-refractivity contribution in [1.82, 2.24) is 4.98 Å². The van der Waals surface area contributed by atoms with Crippen LogP contribution in [0.2, 0.25) is 0 Å². The molecule has 0 saturated carbocycles. The van der Waals surface area contributed by atoms with Gasteiger partial charge in [-0.2, -0.15) is 0 Å². The zero-order chi connectivity index (χ0) is 30.1. The Bertz CT molecular complexity index is 1730. The Hall–Kier alpha value is -4.57. The number of aliphatic hydroxyl groups is 1. The van der Waals surface area contributed by atoms with Gasteiger partial charge in [0.25, 0.3) is 5.78 Å². The lowest BCUT2D eigenvalue weighted by molar-refractivity contribution is -0.132. The fraction of sp³-hybridized carbons (Fsp3) is 0.303. The van der Waals surface area contributed by atoms with Crippen LogP contribution in [0.4, 0.5) is 5.13 Å². The maximum absolute atomic E-state index is 13.7. The number of aliphatic hydroxyl groups excluding tert-OH is 1. The van der Waals surface area contributed by atoms with Gasteiger partial charge in [0.1, 0.15) is 30.5 Å². The average Bonchev–Trinajstić information content (AvgIpc) is 3.54. The molecule has 0 aliphatic carbocycles. The van der Waals surface area contributed by atoms with E-state index in [0.717, 1.165) is 11.1 Å². The molecule has 4 aromatic rings. The summed E-state index contributed by atoms with van der Waals surface area (Å²) in [4.78, 5) is 33.5. The zero-order valence-electron chi connectivity index (χ0n) is 24.2. The third-order valence-corrected chi connectivity index (χ3v) is 8.28. The molecule has 3 aromatic carbocycles. The molecule has 1 atom stereocenters. The normalized spacial score (nSPS) is 17.6. The summed E-state index contributed by atoms with van der Waals surface area (Å²) in [5, 5.41) is 12.0. The second-order valence-electron chi connectivity index (χ2n) is 10.7. The number of carbonyl (C=O) groups excluding carboxylic acids is 2. The number of nitrogens with zero attached hydrogens (tertiary/aromatic N) is 2. The number of hydrogen-bond donors (Lipinski definition) is 1. The van der Waals surface area contributed by atoms with Crippen molar-refractivity contribution in [3.05, 3.63) is 77.4 Å². The summed E-state index contributed by atoms with van der Waals surface area (Å²) in [7, 11) is 0. The van der Waals surface area contributed by atoms with Crippen LogP contribution in [0.15, 0.2) is 66.2 Å². The number of hydrogen-bond acceptors (Lipinski definition) is 9. The highest BCUT2D eigenvalue weighted by molar-refractivity contribution is 7.22. The van der Waals surface area contributed by atoms with Gasteiger partial charge in [-0.3, -0.25) is 14.5 Å². The van der Waals surface area contributed by atoms with Crippen LogP contribution in [0.5, 0.6) is 23.0 Å². The maximum atomic E-state index is 13.7. The van der Waals surface area contributed by atoms with E-state index in [1.54, 1.807) is 18.2 Å². The maximum Gasteiger partial charge on any atom is 0.301 e. The molecule has 1 unspecified atom stereocenters. The van der Waals surface area contributed by atoms with Crippen molar-refractivity contribution in [3.8, 4) is 23.0 Å². The van der Waals surface area contributed by atoms with Crippen molar-refractivity contribution in [1.29, 1.82) is 0 Å². The van der Waals surface area contributed by atoms with Gasteiger partial charge in [0.2, 0.25) is 0 Å². The third kappa shape index (κ3) is 5.62. The number of benzene rings is 3. The topological polar surface area (TPSA) is 107 Å². The molecule has 2 aliphatic heterocycles. The average molecular weight is 601 g/mol. The monoisotopic (exact) mass is 600 g/mol. The van der Waals surface area contributed by atoms with Crippen LogP contribution >= 0.6 is 11.3 Å². The molecule has 1 saturated heterocycles. The molecule has 0 bridgehead atoms. The van der Waals surface area contributed by atoms with Crippen LogP contribution in [0, 0.1) is 5.92 Å². The number of carbonyl (C=O) groups is 2. The molecule has 1 amide bonds. The van der Waals surface area contributed by atoms with Crippen molar-refractivity contribution in [2.45, 2.75) is 33.2 Å².